The monoisotopic (exact) mass is 463 g/mol. The molecule has 2 aliphatic heterocycles. The molecule has 2 amide bonds. The third-order valence-electron chi connectivity index (χ3n) is 8.32. The number of anilines is 2. The van der Waals surface area contributed by atoms with E-state index in [9.17, 15) is 4.79 Å². The molecule has 0 radical (unpaired) electrons. The first-order valence-corrected chi connectivity index (χ1v) is 12.6. The fraction of sp³-hybridized carbons (Fsp3) is 0.577. The Morgan fingerprint density at radius 3 is 2.21 bits per heavy atom. The Balaban J connectivity index is 1.26. The molecule has 0 atom stereocenters. The van der Waals surface area contributed by atoms with Crippen LogP contribution in [0.15, 0.2) is 42.7 Å². The molecule has 3 aliphatic rings. The number of piperazine rings is 1. The van der Waals surface area contributed by atoms with Gasteiger partial charge in [-0.1, -0.05) is 37.3 Å². The fourth-order valence-electron chi connectivity index (χ4n) is 5.97. The lowest BCUT2D eigenvalue weighted by atomic mass is 9.69. The number of likely N-dealkylation sites (N-methyl/N-ethyl adjacent to an activating group) is 1. The summed E-state index contributed by atoms with van der Waals surface area (Å²) in [6, 6.07) is 10.8. The lowest BCUT2D eigenvalue weighted by molar-refractivity contribution is 0.0658. The van der Waals surface area contributed by atoms with Crippen LogP contribution in [0.1, 0.15) is 38.2 Å². The third-order valence-corrected chi connectivity index (χ3v) is 8.32. The second-order valence-corrected chi connectivity index (χ2v) is 10.3. The van der Waals surface area contributed by atoms with Crippen LogP contribution < -0.4 is 15.1 Å². The second-order valence-electron chi connectivity index (χ2n) is 10.3. The highest BCUT2D eigenvalue weighted by Crippen LogP contribution is 2.46. The highest BCUT2D eigenvalue weighted by molar-refractivity contribution is 5.95. The van der Waals surface area contributed by atoms with Crippen LogP contribution in [-0.4, -0.2) is 84.7 Å². The lowest BCUT2D eigenvalue weighted by Crippen LogP contribution is -2.54. The summed E-state index contributed by atoms with van der Waals surface area (Å²) in [4.78, 5) is 31.1. The number of amides is 2. The van der Waals surface area contributed by atoms with Crippen LogP contribution in [0.3, 0.4) is 0 Å². The van der Waals surface area contributed by atoms with Gasteiger partial charge in [-0.05, 0) is 51.9 Å². The van der Waals surface area contributed by atoms with Crippen molar-refractivity contribution in [3.8, 4) is 0 Å². The van der Waals surface area contributed by atoms with E-state index in [2.05, 4.69) is 81.3 Å². The molecule has 34 heavy (non-hydrogen) atoms. The molecule has 3 heterocycles. The van der Waals surface area contributed by atoms with Gasteiger partial charge >= 0.3 is 6.03 Å². The fourth-order valence-corrected chi connectivity index (χ4v) is 5.97. The molecule has 1 aliphatic carbocycles. The summed E-state index contributed by atoms with van der Waals surface area (Å²) < 4.78 is 0. The molecule has 2 aromatic rings. The minimum absolute atomic E-state index is 0.0111. The highest BCUT2D eigenvalue weighted by Gasteiger charge is 2.50. The maximum atomic E-state index is 13.0. The van der Waals surface area contributed by atoms with Gasteiger partial charge in [0.05, 0.1) is 30.2 Å². The number of aromatic nitrogens is 2. The number of nitrogens with one attached hydrogen (secondary N) is 1. The molecule has 1 N–H and O–H groups in total. The SMILES string of the molecule is CCN1CCN(c2ncc(N3C[C@]4(CC[C@](c5ccccc5)(N(C)C)CC4)NC3=O)cn2)CC1. The van der Waals surface area contributed by atoms with E-state index < -0.39 is 0 Å². The number of nitrogens with zero attached hydrogens (tertiary/aromatic N) is 6. The van der Waals surface area contributed by atoms with Crippen LogP contribution in [0.4, 0.5) is 16.4 Å². The molecule has 1 spiro atoms. The van der Waals surface area contributed by atoms with E-state index in [1.54, 1.807) is 0 Å². The van der Waals surface area contributed by atoms with Crippen molar-refractivity contribution in [3.63, 3.8) is 0 Å². The average Bonchev–Trinajstić information content (AvgIpc) is 3.20. The zero-order valence-corrected chi connectivity index (χ0v) is 20.7. The van der Waals surface area contributed by atoms with Gasteiger partial charge in [-0.25, -0.2) is 14.8 Å². The standard InChI is InChI=1S/C26H37N7O/c1-4-31-14-16-32(17-15-31)23-27-18-22(19-28-23)33-20-25(29-24(33)34)10-12-26(13-11-25,30(2)3)21-8-6-5-7-9-21/h5-9,18-19H,4,10-17,20H2,1-3H3,(H,29,34)/t25-,26+. The third kappa shape index (κ3) is 4.14. The molecule has 182 valence electrons. The molecule has 1 aromatic heterocycles. The van der Waals surface area contributed by atoms with Gasteiger partial charge < -0.3 is 15.1 Å². The number of benzene rings is 1. The van der Waals surface area contributed by atoms with Gasteiger partial charge in [0.15, 0.2) is 0 Å². The zero-order valence-electron chi connectivity index (χ0n) is 20.7. The molecule has 1 saturated carbocycles. The summed E-state index contributed by atoms with van der Waals surface area (Å²) in [5.41, 5.74) is 1.95. The molecular formula is C26H37N7O. The Hall–Kier alpha value is -2.71. The van der Waals surface area contributed by atoms with Crippen molar-refractivity contribution in [2.75, 3.05) is 63.2 Å². The maximum Gasteiger partial charge on any atom is 0.322 e. The molecule has 3 fully saturated rings. The number of urea groups is 1. The van der Waals surface area contributed by atoms with Crippen molar-refractivity contribution in [2.45, 2.75) is 43.7 Å². The lowest BCUT2D eigenvalue weighted by Gasteiger charge is -2.48. The minimum atomic E-state index is -0.194. The van der Waals surface area contributed by atoms with Gasteiger partial charge in [0.25, 0.3) is 0 Å². The summed E-state index contributed by atoms with van der Waals surface area (Å²) >= 11 is 0. The Morgan fingerprint density at radius 1 is 0.971 bits per heavy atom. The van der Waals surface area contributed by atoms with Gasteiger partial charge in [-0.2, -0.15) is 0 Å². The van der Waals surface area contributed by atoms with Crippen LogP contribution >= 0.6 is 0 Å². The van der Waals surface area contributed by atoms with Crippen molar-refractivity contribution in [3.05, 3.63) is 48.3 Å². The molecule has 1 aromatic carbocycles. The van der Waals surface area contributed by atoms with Gasteiger partial charge in [0.2, 0.25) is 5.95 Å². The van der Waals surface area contributed by atoms with E-state index in [1.807, 2.05) is 17.3 Å². The van der Waals surface area contributed by atoms with Crippen molar-refractivity contribution in [1.82, 2.24) is 25.1 Å². The Labute approximate surface area is 203 Å². The molecular weight excluding hydrogens is 426 g/mol. The maximum absolute atomic E-state index is 13.0. The first kappa shape index (κ1) is 23.1. The van der Waals surface area contributed by atoms with E-state index in [4.69, 9.17) is 0 Å². The summed E-state index contributed by atoms with van der Waals surface area (Å²) in [7, 11) is 4.34. The number of rotatable bonds is 5. The van der Waals surface area contributed by atoms with Crippen LogP contribution in [-0.2, 0) is 5.54 Å². The average molecular weight is 464 g/mol. The van der Waals surface area contributed by atoms with Gasteiger partial charge in [-0.3, -0.25) is 9.80 Å². The van der Waals surface area contributed by atoms with Crippen molar-refractivity contribution >= 4 is 17.7 Å². The quantitative estimate of drug-likeness (QED) is 0.736. The highest BCUT2D eigenvalue weighted by atomic mass is 16.2. The number of hydrogen-bond donors (Lipinski definition) is 1. The topological polar surface area (TPSA) is 67.8 Å². The predicted molar refractivity (Wildman–Crippen MR) is 135 cm³/mol. The molecule has 8 heteroatoms. The largest absolute Gasteiger partial charge is 0.338 e. The molecule has 2 saturated heterocycles. The summed E-state index contributed by atoms with van der Waals surface area (Å²) in [5.74, 6) is 0.755. The van der Waals surface area contributed by atoms with E-state index in [1.165, 1.54) is 5.56 Å². The summed E-state index contributed by atoms with van der Waals surface area (Å²) in [5, 5.41) is 3.33. The van der Waals surface area contributed by atoms with E-state index >= 15 is 0 Å². The van der Waals surface area contributed by atoms with Crippen molar-refractivity contribution in [1.29, 1.82) is 0 Å². The molecule has 0 unspecified atom stereocenters. The van der Waals surface area contributed by atoms with Crippen molar-refractivity contribution in [2.24, 2.45) is 0 Å². The van der Waals surface area contributed by atoms with Crippen LogP contribution in [0.25, 0.3) is 0 Å². The van der Waals surface area contributed by atoms with Crippen LogP contribution in [0.5, 0.6) is 0 Å². The van der Waals surface area contributed by atoms with Gasteiger partial charge in [-0.15, -0.1) is 0 Å². The number of carbonyl (C=O) groups is 1. The Kier molecular flexibility index (Phi) is 6.20. The van der Waals surface area contributed by atoms with E-state index in [-0.39, 0.29) is 17.1 Å². The summed E-state index contributed by atoms with van der Waals surface area (Å²) in [6.45, 7) is 7.91. The smallest absolute Gasteiger partial charge is 0.322 e. The van der Waals surface area contributed by atoms with Gasteiger partial charge in [0, 0.05) is 31.7 Å². The zero-order chi connectivity index (χ0) is 23.8. The Morgan fingerprint density at radius 2 is 1.62 bits per heavy atom. The van der Waals surface area contributed by atoms with Crippen LogP contribution in [0.2, 0.25) is 0 Å². The first-order valence-electron chi connectivity index (χ1n) is 12.6. The van der Waals surface area contributed by atoms with E-state index in [0.29, 0.717) is 6.54 Å². The molecule has 8 nitrogen and oxygen atoms in total. The molecule has 5 rings (SSSR count). The number of carbonyl (C=O) groups excluding carboxylic acids is 1. The van der Waals surface area contributed by atoms with Crippen molar-refractivity contribution < 1.29 is 4.79 Å². The minimum Gasteiger partial charge on any atom is -0.338 e. The summed E-state index contributed by atoms with van der Waals surface area (Å²) in [6.07, 6.45) is 7.54. The first-order chi connectivity index (χ1) is 16.4. The molecule has 0 bridgehead atoms. The second kappa shape index (κ2) is 9.15. The Bertz CT molecular complexity index is 978. The van der Waals surface area contributed by atoms with E-state index in [0.717, 1.165) is 70.0 Å². The normalized spacial score (nSPS) is 28.1. The predicted octanol–water partition coefficient (Wildman–Crippen LogP) is 2.92. The van der Waals surface area contributed by atoms with Crippen LogP contribution in [0, 0.1) is 0 Å². The number of hydrogen-bond acceptors (Lipinski definition) is 6. The van der Waals surface area contributed by atoms with Gasteiger partial charge in [0.1, 0.15) is 0 Å².